The second-order valence-corrected chi connectivity index (χ2v) is 4.38. The van der Waals surface area contributed by atoms with E-state index in [-0.39, 0.29) is 26.4 Å². The number of ether oxygens (including phenoxy) is 7. The SMILES string of the molecule is COC(=O)[C@H](C)OC(=O)OCCOCCOC(=O)O[C@@H](C)C(=O)OC. The number of rotatable bonds is 10. The number of hydrogen-bond donors (Lipinski definition) is 0. The van der Waals surface area contributed by atoms with Crippen molar-refractivity contribution in [3.63, 3.8) is 0 Å². The first-order chi connectivity index (χ1) is 11.8. The Morgan fingerprint density at radius 1 is 0.680 bits per heavy atom. The quantitative estimate of drug-likeness (QED) is 0.303. The van der Waals surface area contributed by atoms with Crippen molar-refractivity contribution < 1.29 is 52.3 Å². The molecule has 2 atom stereocenters. The van der Waals surface area contributed by atoms with Crippen LogP contribution in [0.25, 0.3) is 0 Å². The van der Waals surface area contributed by atoms with Crippen LogP contribution in [0.3, 0.4) is 0 Å². The molecule has 0 aliphatic carbocycles. The van der Waals surface area contributed by atoms with E-state index >= 15 is 0 Å². The summed E-state index contributed by atoms with van der Waals surface area (Å²) in [5.74, 6) is -1.42. The molecule has 0 aromatic carbocycles. The van der Waals surface area contributed by atoms with Gasteiger partial charge in [-0.1, -0.05) is 0 Å². The van der Waals surface area contributed by atoms with Crippen LogP contribution in [0.15, 0.2) is 0 Å². The highest BCUT2D eigenvalue weighted by atomic mass is 16.7. The summed E-state index contributed by atoms with van der Waals surface area (Å²) in [5, 5.41) is 0. The van der Waals surface area contributed by atoms with Gasteiger partial charge in [-0.2, -0.15) is 0 Å². The number of carbonyl (C=O) groups is 4. The zero-order valence-electron chi connectivity index (χ0n) is 14.5. The number of hydrogen-bond acceptors (Lipinski definition) is 11. The lowest BCUT2D eigenvalue weighted by Crippen LogP contribution is -2.27. The maximum atomic E-state index is 11.2. The van der Waals surface area contributed by atoms with Gasteiger partial charge < -0.3 is 33.2 Å². The molecule has 0 aliphatic rings. The van der Waals surface area contributed by atoms with E-state index in [0.29, 0.717) is 0 Å². The lowest BCUT2D eigenvalue weighted by atomic mass is 10.4. The zero-order valence-corrected chi connectivity index (χ0v) is 14.5. The highest BCUT2D eigenvalue weighted by Crippen LogP contribution is 1.98. The molecule has 0 unspecified atom stereocenters. The third-order valence-electron chi connectivity index (χ3n) is 2.51. The fraction of sp³-hybridized carbons (Fsp3) is 0.714. The van der Waals surface area contributed by atoms with Gasteiger partial charge in [0.1, 0.15) is 13.2 Å². The number of esters is 2. The first kappa shape index (κ1) is 22.4. The molecule has 0 radical (unpaired) electrons. The second kappa shape index (κ2) is 12.8. The molecule has 0 aromatic rings. The summed E-state index contributed by atoms with van der Waals surface area (Å²) in [7, 11) is 2.32. The van der Waals surface area contributed by atoms with E-state index in [4.69, 9.17) is 4.74 Å². The zero-order chi connectivity index (χ0) is 19.2. The Kier molecular flexibility index (Phi) is 11.5. The highest BCUT2D eigenvalue weighted by Gasteiger charge is 2.19. The van der Waals surface area contributed by atoms with E-state index in [1.807, 2.05) is 0 Å². The summed E-state index contributed by atoms with van der Waals surface area (Å²) in [6, 6.07) is 0. The van der Waals surface area contributed by atoms with Crippen molar-refractivity contribution in [3.8, 4) is 0 Å². The lowest BCUT2D eigenvalue weighted by Gasteiger charge is -2.12. The molecular formula is C14H22O11. The summed E-state index contributed by atoms with van der Waals surface area (Å²) in [4.78, 5) is 44.4. The van der Waals surface area contributed by atoms with Crippen LogP contribution in [0.5, 0.6) is 0 Å². The van der Waals surface area contributed by atoms with E-state index in [0.717, 1.165) is 14.2 Å². The molecule has 0 N–H and O–H groups in total. The molecule has 11 heteroatoms. The standard InChI is InChI=1S/C14H22O11/c1-9(11(15)19-3)24-13(17)22-7-5-21-6-8-23-14(18)25-10(2)12(16)20-4/h9-10H,5-8H2,1-4H3/t9-,10-/m0/s1. The minimum Gasteiger partial charge on any atom is -0.466 e. The van der Waals surface area contributed by atoms with Gasteiger partial charge in [-0.25, -0.2) is 19.2 Å². The van der Waals surface area contributed by atoms with E-state index < -0.39 is 36.5 Å². The summed E-state index contributed by atoms with van der Waals surface area (Å²) >= 11 is 0. The largest absolute Gasteiger partial charge is 0.509 e. The smallest absolute Gasteiger partial charge is 0.466 e. The van der Waals surface area contributed by atoms with Crippen molar-refractivity contribution in [2.45, 2.75) is 26.1 Å². The van der Waals surface area contributed by atoms with Crippen LogP contribution in [0.4, 0.5) is 9.59 Å². The molecular weight excluding hydrogens is 344 g/mol. The van der Waals surface area contributed by atoms with Crippen LogP contribution in [0, 0.1) is 0 Å². The van der Waals surface area contributed by atoms with Gasteiger partial charge in [0.25, 0.3) is 0 Å². The predicted molar refractivity (Wildman–Crippen MR) is 78.6 cm³/mol. The van der Waals surface area contributed by atoms with Crippen LogP contribution in [-0.4, -0.2) is 77.1 Å². The number of methoxy groups -OCH3 is 2. The molecule has 11 nitrogen and oxygen atoms in total. The predicted octanol–water partition coefficient (Wildman–Crippen LogP) is 0.432. The van der Waals surface area contributed by atoms with Crippen LogP contribution in [-0.2, 0) is 42.7 Å². The molecule has 0 saturated carbocycles. The van der Waals surface area contributed by atoms with Gasteiger partial charge in [0, 0.05) is 0 Å². The van der Waals surface area contributed by atoms with Gasteiger partial charge in [0.15, 0.2) is 12.2 Å². The van der Waals surface area contributed by atoms with Gasteiger partial charge >= 0.3 is 24.2 Å². The topological polar surface area (TPSA) is 133 Å². The third-order valence-corrected chi connectivity index (χ3v) is 2.51. The fourth-order valence-electron chi connectivity index (χ4n) is 1.25. The Balaban J connectivity index is 3.64. The minimum atomic E-state index is -1.08. The first-order valence-electron chi connectivity index (χ1n) is 7.22. The maximum absolute atomic E-state index is 11.2. The van der Waals surface area contributed by atoms with Gasteiger partial charge in [-0.3, -0.25) is 0 Å². The lowest BCUT2D eigenvalue weighted by molar-refractivity contribution is -0.151. The van der Waals surface area contributed by atoms with Crippen LogP contribution in [0.2, 0.25) is 0 Å². The molecule has 25 heavy (non-hydrogen) atoms. The monoisotopic (exact) mass is 366 g/mol. The normalized spacial score (nSPS) is 12.3. The Hall–Kier alpha value is -2.56. The third kappa shape index (κ3) is 10.8. The Labute approximate surface area is 144 Å². The van der Waals surface area contributed by atoms with Crippen molar-refractivity contribution in [1.82, 2.24) is 0 Å². The van der Waals surface area contributed by atoms with Crippen LogP contribution >= 0.6 is 0 Å². The van der Waals surface area contributed by atoms with Crippen LogP contribution < -0.4 is 0 Å². The van der Waals surface area contributed by atoms with E-state index in [9.17, 15) is 19.2 Å². The highest BCUT2D eigenvalue weighted by molar-refractivity contribution is 5.77. The summed E-state index contributed by atoms with van der Waals surface area (Å²) < 4.78 is 32.3. The molecule has 0 spiro atoms. The summed E-state index contributed by atoms with van der Waals surface area (Å²) in [5.41, 5.74) is 0. The van der Waals surface area contributed by atoms with Crippen molar-refractivity contribution in [2.75, 3.05) is 40.6 Å². The average molecular weight is 366 g/mol. The molecule has 0 aromatic heterocycles. The van der Waals surface area contributed by atoms with Gasteiger partial charge in [-0.15, -0.1) is 0 Å². The second-order valence-electron chi connectivity index (χ2n) is 4.38. The Morgan fingerprint density at radius 2 is 1.04 bits per heavy atom. The Morgan fingerprint density at radius 3 is 1.36 bits per heavy atom. The Bertz CT molecular complexity index is 408. The molecule has 0 rings (SSSR count). The minimum absolute atomic E-state index is 0.0126. The molecule has 144 valence electrons. The molecule has 0 heterocycles. The fourth-order valence-corrected chi connectivity index (χ4v) is 1.25. The van der Waals surface area contributed by atoms with E-state index in [1.165, 1.54) is 13.8 Å². The molecule has 0 amide bonds. The first-order valence-corrected chi connectivity index (χ1v) is 7.22. The van der Waals surface area contributed by atoms with Crippen molar-refractivity contribution in [2.24, 2.45) is 0 Å². The van der Waals surface area contributed by atoms with E-state index in [2.05, 4.69) is 28.4 Å². The summed E-state index contributed by atoms with van der Waals surface area (Å²) in [6.45, 7) is 2.44. The molecule has 0 aliphatic heterocycles. The van der Waals surface area contributed by atoms with Crippen molar-refractivity contribution in [1.29, 1.82) is 0 Å². The van der Waals surface area contributed by atoms with Gasteiger partial charge in [0.2, 0.25) is 0 Å². The number of carbonyl (C=O) groups excluding carboxylic acids is 4. The van der Waals surface area contributed by atoms with Crippen molar-refractivity contribution >= 4 is 24.2 Å². The maximum Gasteiger partial charge on any atom is 0.509 e. The van der Waals surface area contributed by atoms with Gasteiger partial charge in [0.05, 0.1) is 27.4 Å². The molecule has 0 fully saturated rings. The summed E-state index contributed by atoms with van der Waals surface area (Å²) in [6.07, 6.45) is -4.24. The average Bonchev–Trinajstić information content (AvgIpc) is 2.58. The van der Waals surface area contributed by atoms with Crippen LogP contribution in [0.1, 0.15) is 13.8 Å². The molecule has 0 saturated heterocycles. The van der Waals surface area contributed by atoms with E-state index in [1.54, 1.807) is 0 Å². The van der Waals surface area contributed by atoms with Crippen molar-refractivity contribution in [3.05, 3.63) is 0 Å². The molecule has 0 bridgehead atoms. The van der Waals surface area contributed by atoms with Gasteiger partial charge in [-0.05, 0) is 13.8 Å².